The van der Waals surface area contributed by atoms with Gasteiger partial charge in [0.2, 0.25) is 5.91 Å². The molecular formula is C13H23N3OS. The van der Waals surface area contributed by atoms with Gasteiger partial charge in [-0.1, -0.05) is 27.2 Å². The van der Waals surface area contributed by atoms with Gasteiger partial charge in [-0.15, -0.1) is 11.3 Å². The highest BCUT2D eigenvalue weighted by Gasteiger charge is 2.12. The number of rotatable bonds is 7. The maximum absolute atomic E-state index is 11.7. The van der Waals surface area contributed by atoms with Crippen molar-refractivity contribution in [3.8, 4) is 0 Å². The molecule has 1 rings (SSSR count). The Kier molecular flexibility index (Phi) is 6.29. The number of nitrogens with one attached hydrogen (secondary N) is 2. The summed E-state index contributed by atoms with van der Waals surface area (Å²) >= 11 is 1.48. The van der Waals surface area contributed by atoms with Crippen LogP contribution in [-0.4, -0.2) is 17.4 Å². The molecule has 5 heteroatoms. The van der Waals surface area contributed by atoms with E-state index in [4.69, 9.17) is 0 Å². The number of anilines is 1. The molecule has 0 aliphatic rings. The number of hydrogen-bond acceptors (Lipinski definition) is 4. The highest BCUT2D eigenvalue weighted by Crippen LogP contribution is 2.21. The smallest absolute Gasteiger partial charge is 0.226 e. The Morgan fingerprint density at radius 3 is 2.78 bits per heavy atom. The lowest BCUT2D eigenvalue weighted by molar-refractivity contribution is -0.117. The normalized spacial score (nSPS) is 14.2. The first-order valence-corrected chi connectivity index (χ1v) is 7.43. The summed E-state index contributed by atoms with van der Waals surface area (Å²) in [7, 11) is 0. The van der Waals surface area contributed by atoms with Crippen molar-refractivity contribution in [2.45, 2.75) is 46.6 Å². The van der Waals surface area contributed by atoms with E-state index in [1.54, 1.807) is 0 Å². The molecule has 1 amide bonds. The van der Waals surface area contributed by atoms with Crippen LogP contribution in [0.1, 0.15) is 52.3 Å². The molecule has 0 spiro atoms. The monoisotopic (exact) mass is 269 g/mol. The maximum Gasteiger partial charge on any atom is 0.226 e. The van der Waals surface area contributed by atoms with E-state index in [2.05, 4.69) is 43.3 Å². The summed E-state index contributed by atoms with van der Waals surface area (Å²) in [5.74, 6) is 0.478. The van der Waals surface area contributed by atoms with Crippen LogP contribution in [0.2, 0.25) is 0 Å². The van der Waals surface area contributed by atoms with Gasteiger partial charge in [0.15, 0.2) is 5.13 Å². The molecule has 0 radical (unpaired) electrons. The van der Waals surface area contributed by atoms with Crippen LogP contribution in [0.5, 0.6) is 0 Å². The second kappa shape index (κ2) is 7.48. The number of hydrogen-bond donors (Lipinski definition) is 2. The zero-order chi connectivity index (χ0) is 13.5. The van der Waals surface area contributed by atoms with Gasteiger partial charge in [0, 0.05) is 17.8 Å². The van der Waals surface area contributed by atoms with Crippen LogP contribution in [-0.2, 0) is 4.79 Å². The van der Waals surface area contributed by atoms with E-state index in [-0.39, 0.29) is 11.9 Å². The molecule has 4 nitrogen and oxygen atoms in total. The number of carbonyl (C=O) groups excluding carboxylic acids is 1. The van der Waals surface area contributed by atoms with Crippen molar-refractivity contribution in [1.82, 2.24) is 10.3 Å². The van der Waals surface area contributed by atoms with E-state index in [1.807, 2.05) is 5.38 Å². The average molecular weight is 269 g/mol. The lowest BCUT2D eigenvalue weighted by Crippen LogP contribution is -2.18. The third kappa shape index (κ3) is 4.74. The highest BCUT2D eigenvalue weighted by molar-refractivity contribution is 7.13. The first-order chi connectivity index (χ1) is 8.56. The van der Waals surface area contributed by atoms with Gasteiger partial charge in [0.05, 0.1) is 5.69 Å². The molecule has 2 atom stereocenters. The van der Waals surface area contributed by atoms with Crippen LogP contribution < -0.4 is 10.6 Å². The fourth-order valence-corrected chi connectivity index (χ4v) is 2.40. The summed E-state index contributed by atoms with van der Waals surface area (Å²) in [4.78, 5) is 16.2. The third-order valence-corrected chi connectivity index (χ3v) is 3.73. The van der Waals surface area contributed by atoms with Gasteiger partial charge in [-0.25, -0.2) is 4.98 Å². The molecule has 102 valence electrons. The van der Waals surface area contributed by atoms with Crippen molar-refractivity contribution in [1.29, 1.82) is 0 Å². The van der Waals surface area contributed by atoms with Gasteiger partial charge in [-0.05, 0) is 19.4 Å². The Labute approximate surface area is 113 Å². The molecule has 1 aromatic rings. The van der Waals surface area contributed by atoms with E-state index in [0.29, 0.717) is 17.5 Å². The molecule has 0 fully saturated rings. The molecule has 1 aromatic heterocycles. The predicted molar refractivity (Wildman–Crippen MR) is 76.9 cm³/mol. The molecule has 0 aromatic carbocycles. The van der Waals surface area contributed by atoms with E-state index < -0.39 is 0 Å². The molecule has 0 saturated heterocycles. The average Bonchev–Trinajstić information content (AvgIpc) is 2.77. The van der Waals surface area contributed by atoms with Crippen LogP contribution in [0, 0.1) is 5.92 Å². The fraction of sp³-hybridized carbons (Fsp3) is 0.692. The van der Waals surface area contributed by atoms with Gasteiger partial charge >= 0.3 is 0 Å². The number of aromatic nitrogens is 1. The first kappa shape index (κ1) is 15.1. The van der Waals surface area contributed by atoms with Crippen LogP contribution in [0.15, 0.2) is 5.38 Å². The number of thiazole rings is 1. The van der Waals surface area contributed by atoms with Gasteiger partial charge in [-0.2, -0.15) is 0 Å². The maximum atomic E-state index is 11.7. The van der Waals surface area contributed by atoms with E-state index in [9.17, 15) is 4.79 Å². The van der Waals surface area contributed by atoms with Gasteiger partial charge in [0.25, 0.3) is 0 Å². The van der Waals surface area contributed by atoms with Crippen LogP contribution in [0.4, 0.5) is 5.13 Å². The molecule has 2 unspecified atom stereocenters. The van der Waals surface area contributed by atoms with Crippen molar-refractivity contribution in [2.75, 3.05) is 11.9 Å². The van der Waals surface area contributed by atoms with Crippen molar-refractivity contribution in [3.63, 3.8) is 0 Å². The third-order valence-electron chi connectivity index (χ3n) is 2.95. The molecule has 1 heterocycles. The van der Waals surface area contributed by atoms with Crippen LogP contribution in [0.3, 0.4) is 0 Å². The molecule has 18 heavy (non-hydrogen) atoms. The zero-order valence-electron chi connectivity index (χ0n) is 11.6. The molecule has 0 aliphatic carbocycles. The second-order valence-corrected chi connectivity index (χ2v) is 5.48. The number of nitrogens with zero attached hydrogens (tertiary/aromatic N) is 1. The summed E-state index contributed by atoms with van der Waals surface area (Å²) in [6.45, 7) is 9.23. The van der Waals surface area contributed by atoms with Gasteiger partial charge in [0.1, 0.15) is 0 Å². The lowest BCUT2D eigenvalue weighted by Gasteiger charge is -2.09. The Morgan fingerprint density at radius 2 is 2.17 bits per heavy atom. The Hall–Kier alpha value is -0.940. The topological polar surface area (TPSA) is 54.0 Å². The fourth-order valence-electron chi connectivity index (χ4n) is 1.58. The van der Waals surface area contributed by atoms with Crippen LogP contribution in [0.25, 0.3) is 0 Å². The van der Waals surface area contributed by atoms with Crippen LogP contribution >= 0.6 is 11.3 Å². The Morgan fingerprint density at radius 1 is 1.44 bits per heavy atom. The lowest BCUT2D eigenvalue weighted by atomic mass is 10.1. The first-order valence-electron chi connectivity index (χ1n) is 6.55. The standard InChI is InChI=1S/C13H23N3OS/c1-5-9(3)7-12(17)16-13-15-11(8-18-13)10(4)14-6-2/h8-10,14H,5-7H2,1-4H3,(H,15,16,17). The molecule has 0 aliphatic heterocycles. The molecule has 0 bridgehead atoms. The van der Waals surface area contributed by atoms with Crippen molar-refractivity contribution >= 4 is 22.4 Å². The van der Waals surface area contributed by atoms with Crippen molar-refractivity contribution in [3.05, 3.63) is 11.1 Å². The summed E-state index contributed by atoms with van der Waals surface area (Å²) in [6, 6.07) is 0.228. The summed E-state index contributed by atoms with van der Waals surface area (Å²) in [5, 5.41) is 8.86. The highest BCUT2D eigenvalue weighted by atomic mass is 32.1. The van der Waals surface area contributed by atoms with Gasteiger partial charge in [-0.3, -0.25) is 4.79 Å². The predicted octanol–water partition coefficient (Wildman–Crippen LogP) is 3.19. The Balaban J connectivity index is 2.51. The quantitative estimate of drug-likeness (QED) is 0.799. The summed E-state index contributed by atoms with van der Waals surface area (Å²) in [6.07, 6.45) is 1.59. The SMILES string of the molecule is CCNC(C)c1csc(NC(=O)CC(C)CC)n1. The largest absolute Gasteiger partial charge is 0.309 e. The molecule has 0 saturated carbocycles. The zero-order valence-corrected chi connectivity index (χ0v) is 12.4. The van der Waals surface area contributed by atoms with Gasteiger partial charge < -0.3 is 10.6 Å². The second-order valence-electron chi connectivity index (χ2n) is 4.62. The summed E-state index contributed by atoms with van der Waals surface area (Å²) in [5.41, 5.74) is 0.987. The Bertz CT molecular complexity index is 378. The van der Waals surface area contributed by atoms with Crippen molar-refractivity contribution in [2.24, 2.45) is 5.92 Å². The van der Waals surface area contributed by atoms with E-state index in [1.165, 1.54) is 11.3 Å². The van der Waals surface area contributed by atoms with E-state index >= 15 is 0 Å². The number of amides is 1. The minimum atomic E-state index is 0.0568. The minimum Gasteiger partial charge on any atom is -0.309 e. The van der Waals surface area contributed by atoms with E-state index in [0.717, 1.165) is 18.7 Å². The number of carbonyl (C=O) groups is 1. The summed E-state index contributed by atoms with van der Waals surface area (Å²) < 4.78 is 0. The molecule has 2 N–H and O–H groups in total. The minimum absolute atomic E-state index is 0.0568. The van der Waals surface area contributed by atoms with Crippen molar-refractivity contribution < 1.29 is 4.79 Å². The molecular weight excluding hydrogens is 246 g/mol.